The fourth-order valence-electron chi connectivity index (χ4n) is 2.22. The van der Waals surface area contributed by atoms with Gasteiger partial charge in [-0.25, -0.2) is 13.1 Å². The highest BCUT2D eigenvalue weighted by molar-refractivity contribution is 7.89. The highest BCUT2D eigenvalue weighted by Gasteiger charge is 2.15. The molecule has 0 radical (unpaired) electrons. The topological polar surface area (TPSA) is 103 Å². The lowest BCUT2D eigenvalue weighted by Crippen LogP contribution is -2.38. The molecular weight excluding hydrogens is 384 g/mol. The van der Waals surface area contributed by atoms with E-state index >= 15 is 0 Å². The molecule has 0 aliphatic heterocycles. The summed E-state index contributed by atoms with van der Waals surface area (Å²) in [6.45, 7) is 2.64. The summed E-state index contributed by atoms with van der Waals surface area (Å²) in [5.74, 6) is 1.50. The molecule has 0 heterocycles. The summed E-state index contributed by atoms with van der Waals surface area (Å²) in [4.78, 5) is 11.9. The number of amides is 1. The Labute approximate surface area is 164 Å². The normalized spacial score (nSPS) is 10.9. The molecule has 0 atom stereocenters. The first kappa shape index (κ1) is 21.5. The van der Waals surface area contributed by atoms with Gasteiger partial charge in [0.05, 0.1) is 31.7 Å². The van der Waals surface area contributed by atoms with E-state index in [9.17, 15) is 13.2 Å². The number of ether oxygens (including phenoxy) is 3. The predicted molar refractivity (Wildman–Crippen MR) is 104 cm³/mol. The Balaban J connectivity index is 1.70. The number of sulfonamides is 1. The van der Waals surface area contributed by atoms with E-state index in [0.29, 0.717) is 18.1 Å². The summed E-state index contributed by atoms with van der Waals surface area (Å²) < 4.78 is 42.4. The Hall–Kier alpha value is -2.78. The molecule has 0 saturated carbocycles. The summed E-state index contributed by atoms with van der Waals surface area (Å²) >= 11 is 0. The Morgan fingerprint density at radius 1 is 0.929 bits per heavy atom. The van der Waals surface area contributed by atoms with Crippen LogP contribution in [-0.4, -0.2) is 47.7 Å². The second kappa shape index (κ2) is 10.5. The van der Waals surface area contributed by atoms with Gasteiger partial charge >= 0.3 is 0 Å². The van der Waals surface area contributed by atoms with Crippen LogP contribution in [0.5, 0.6) is 17.2 Å². The van der Waals surface area contributed by atoms with Crippen LogP contribution in [0, 0.1) is 0 Å². The lowest BCUT2D eigenvalue weighted by atomic mass is 10.3. The standard InChI is InChI=1S/C19H24N2O6S/c1-3-26-16-4-6-17(7-5-16)27-13-12-20-19(22)14-21-28(23,24)18-10-8-15(25-2)9-11-18/h4-11,21H,3,12-14H2,1-2H3,(H,20,22). The maximum absolute atomic E-state index is 12.2. The number of carbonyl (C=O) groups is 1. The number of rotatable bonds is 11. The van der Waals surface area contributed by atoms with Crippen LogP contribution in [0.1, 0.15) is 6.92 Å². The third kappa shape index (κ3) is 6.75. The Morgan fingerprint density at radius 2 is 1.50 bits per heavy atom. The lowest BCUT2D eigenvalue weighted by Gasteiger charge is -2.10. The van der Waals surface area contributed by atoms with Crippen LogP contribution in [0.15, 0.2) is 53.4 Å². The van der Waals surface area contributed by atoms with Crippen molar-refractivity contribution < 1.29 is 27.4 Å². The van der Waals surface area contributed by atoms with E-state index in [-0.39, 0.29) is 24.6 Å². The minimum Gasteiger partial charge on any atom is -0.497 e. The second-order valence-electron chi connectivity index (χ2n) is 5.60. The zero-order chi connectivity index (χ0) is 20.4. The number of carbonyl (C=O) groups excluding carboxylic acids is 1. The van der Waals surface area contributed by atoms with Crippen molar-refractivity contribution in [2.45, 2.75) is 11.8 Å². The van der Waals surface area contributed by atoms with E-state index < -0.39 is 15.9 Å². The van der Waals surface area contributed by atoms with Gasteiger partial charge in [-0.3, -0.25) is 4.79 Å². The van der Waals surface area contributed by atoms with Gasteiger partial charge in [0.15, 0.2) is 0 Å². The highest BCUT2D eigenvalue weighted by Crippen LogP contribution is 2.17. The van der Waals surface area contributed by atoms with Gasteiger partial charge in [0.2, 0.25) is 15.9 Å². The maximum Gasteiger partial charge on any atom is 0.241 e. The van der Waals surface area contributed by atoms with Crippen LogP contribution in [-0.2, 0) is 14.8 Å². The number of methoxy groups -OCH3 is 1. The third-order valence-electron chi connectivity index (χ3n) is 3.62. The Kier molecular flexibility index (Phi) is 8.09. The molecule has 152 valence electrons. The van der Waals surface area contributed by atoms with E-state index in [1.54, 1.807) is 24.3 Å². The van der Waals surface area contributed by atoms with Gasteiger partial charge in [-0.2, -0.15) is 0 Å². The first-order valence-corrected chi connectivity index (χ1v) is 10.2. The number of nitrogens with one attached hydrogen (secondary N) is 2. The van der Waals surface area contributed by atoms with E-state index in [0.717, 1.165) is 5.75 Å². The zero-order valence-electron chi connectivity index (χ0n) is 15.8. The predicted octanol–water partition coefficient (Wildman–Crippen LogP) is 1.57. The van der Waals surface area contributed by atoms with Crippen molar-refractivity contribution in [3.05, 3.63) is 48.5 Å². The van der Waals surface area contributed by atoms with Gasteiger partial charge < -0.3 is 19.5 Å². The van der Waals surface area contributed by atoms with E-state index in [1.165, 1.54) is 31.4 Å². The molecule has 0 aliphatic rings. The molecular formula is C19H24N2O6S. The molecule has 2 aromatic carbocycles. The van der Waals surface area contributed by atoms with Gasteiger partial charge in [-0.15, -0.1) is 0 Å². The first-order valence-electron chi connectivity index (χ1n) is 8.70. The van der Waals surface area contributed by atoms with E-state index in [1.807, 2.05) is 6.92 Å². The average Bonchev–Trinajstić information content (AvgIpc) is 2.71. The van der Waals surface area contributed by atoms with E-state index in [4.69, 9.17) is 14.2 Å². The van der Waals surface area contributed by atoms with Crippen molar-refractivity contribution in [2.75, 3.05) is 33.4 Å². The molecule has 0 spiro atoms. The molecule has 28 heavy (non-hydrogen) atoms. The van der Waals surface area contributed by atoms with Crippen molar-refractivity contribution in [3.63, 3.8) is 0 Å². The summed E-state index contributed by atoms with van der Waals surface area (Å²) in [6, 6.07) is 13.0. The molecule has 2 rings (SSSR count). The fraction of sp³-hybridized carbons (Fsp3) is 0.316. The monoisotopic (exact) mass is 408 g/mol. The molecule has 2 aromatic rings. The number of hydrogen-bond acceptors (Lipinski definition) is 6. The largest absolute Gasteiger partial charge is 0.497 e. The van der Waals surface area contributed by atoms with Crippen LogP contribution in [0.25, 0.3) is 0 Å². The molecule has 0 aromatic heterocycles. The Bertz CT molecular complexity index is 851. The molecule has 0 saturated heterocycles. The lowest BCUT2D eigenvalue weighted by molar-refractivity contribution is -0.120. The van der Waals surface area contributed by atoms with Crippen LogP contribution >= 0.6 is 0 Å². The van der Waals surface area contributed by atoms with Crippen molar-refractivity contribution in [1.82, 2.24) is 10.0 Å². The molecule has 0 unspecified atom stereocenters. The van der Waals surface area contributed by atoms with Gasteiger partial charge in [0.25, 0.3) is 0 Å². The van der Waals surface area contributed by atoms with Gasteiger partial charge in [0.1, 0.15) is 23.9 Å². The molecule has 9 heteroatoms. The zero-order valence-corrected chi connectivity index (χ0v) is 16.6. The third-order valence-corrected chi connectivity index (χ3v) is 5.04. The SMILES string of the molecule is CCOc1ccc(OCCNC(=O)CNS(=O)(=O)c2ccc(OC)cc2)cc1. The maximum atomic E-state index is 12.2. The highest BCUT2D eigenvalue weighted by atomic mass is 32.2. The van der Waals surface area contributed by atoms with Gasteiger partial charge in [-0.05, 0) is 55.5 Å². The van der Waals surface area contributed by atoms with Crippen molar-refractivity contribution >= 4 is 15.9 Å². The van der Waals surface area contributed by atoms with Crippen molar-refractivity contribution in [3.8, 4) is 17.2 Å². The van der Waals surface area contributed by atoms with Gasteiger partial charge in [-0.1, -0.05) is 0 Å². The summed E-state index contributed by atoms with van der Waals surface area (Å²) in [5.41, 5.74) is 0. The number of hydrogen-bond donors (Lipinski definition) is 2. The van der Waals surface area contributed by atoms with Crippen LogP contribution < -0.4 is 24.2 Å². The van der Waals surface area contributed by atoms with Crippen LogP contribution in [0.3, 0.4) is 0 Å². The minimum absolute atomic E-state index is 0.0555. The number of benzene rings is 2. The minimum atomic E-state index is -3.77. The molecule has 8 nitrogen and oxygen atoms in total. The smallest absolute Gasteiger partial charge is 0.241 e. The second-order valence-corrected chi connectivity index (χ2v) is 7.37. The van der Waals surface area contributed by atoms with Crippen LogP contribution in [0.4, 0.5) is 0 Å². The van der Waals surface area contributed by atoms with Crippen LogP contribution in [0.2, 0.25) is 0 Å². The summed E-state index contributed by atoms with van der Waals surface area (Å²) in [5, 5.41) is 2.59. The summed E-state index contributed by atoms with van der Waals surface area (Å²) in [7, 11) is -2.28. The Morgan fingerprint density at radius 3 is 2.07 bits per heavy atom. The molecule has 1 amide bonds. The average molecular weight is 408 g/mol. The molecule has 0 bridgehead atoms. The molecule has 0 fully saturated rings. The van der Waals surface area contributed by atoms with Crippen molar-refractivity contribution in [1.29, 1.82) is 0 Å². The van der Waals surface area contributed by atoms with Crippen molar-refractivity contribution in [2.24, 2.45) is 0 Å². The first-order chi connectivity index (χ1) is 13.4. The molecule has 2 N–H and O–H groups in total. The fourth-order valence-corrected chi connectivity index (χ4v) is 3.20. The molecule has 0 aliphatic carbocycles. The quantitative estimate of drug-likeness (QED) is 0.547. The van der Waals surface area contributed by atoms with Gasteiger partial charge in [0, 0.05) is 0 Å². The summed E-state index contributed by atoms with van der Waals surface area (Å²) in [6.07, 6.45) is 0. The van der Waals surface area contributed by atoms with E-state index in [2.05, 4.69) is 10.0 Å².